The maximum Gasteiger partial charge on any atom is 0.0926 e. The highest BCUT2D eigenvalue weighted by Gasteiger charge is 2.04. The summed E-state index contributed by atoms with van der Waals surface area (Å²) in [4.78, 5) is 0. The van der Waals surface area contributed by atoms with E-state index in [1.165, 1.54) is 5.57 Å². The molecule has 0 aromatic rings. The zero-order valence-corrected chi connectivity index (χ0v) is 10.2. The lowest BCUT2D eigenvalue weighted by Crippen LogP contribution is -3.00. The molecule has 0 aromatic carbocycles. The van der Waals surface area contributed by atoms with Crippen LogP contribution in [0.3, 0.4) is 0 Å². The van der Waals surface area contributed by atoms with Gasteiger partial charge in [-0.1, -0.05) is 0 Å². The summed E-state index contributed by atoms with van der Waals surface area (Å²) in [6.45, 7) is 6.08. The highest BCUT2D eigenvalue weighted by molar-refractivity contribution is 4.86. The Labute approximate surface area is 88.6 Å². The second-order valence-electron chi connectivity index (χ2n) is 4.43. The largest absolute Gasteiger partial charge is 1.00 e. The molecule has 0 rings (SSSR count). The maximum atomic E-state index is 5.32. The molecule has 80 valence electrons. The van der Waals surface area contributed by atoms with Crippen LogP contribution in [0.15, 0.2) is 11.8 Å². The van der Waals surface area contributed by atoms with E-state index in [4.69, 9.17) is 4.74 Å². The number of hydrogen-bond donors (Lipinski definition) is 0. The molecule has 0 aliphatic carbocycles. The fourth-order valence-corrected chi connectivity index (χ4v) is 0.848. The summed E-state index contributed by atoms with van der Waals surface area (Å²) in [5, 5.41) is 0. The van der Waals surface area contributed by atoms with Crippen LogP contribution in [0.4, 0.5) is 0 Å². The molecule has 0 radical (unpaired) electrons. The molecule has 13 heavy (non-hydrogen) atoms. The SMILES string of the molecule is CC(C)=COCCC[N+](C)(C)C.[Cl-]. The summed E-state index contributed by atoms with van der Waals surface area (Å²) >= 11 is 0. The molecular formula is C10H22ClNO. The average molecular weight is 208 g/mol. The monoisotopic (exact) mass is 207 g/mol. The zero-order valence-electron chi connectivity index (χ0n) is 9.43. The molecule has 0 bridgehead atoms. The zero-order chi connectivity index (χ0) is 9.61. The average Bonchev–Trinajstić information content (AvgIpc) is 1.83. The Hall–Kier alpha value is -0.210. The Balaban J connectivity index is 0. The van der Waals surface area contributed by atoms with Crippen molar-refractivity contribution in [1.82, 2.24) is 0 Å². The van der Waals surface area contributed by atoms with Gasteiger partial charge >= 0.3 is 0 Å². The normalized spacial score (nSPS) is 10.2. The number of rotatable bonds is 5. The van der Waals surface area contributed by atoms with E-state index in [-0.39, 0.29) is 12.4 Å². The number of ether oxygens (including phenoxy) is 1. The molecule has 0 spiro atoms. The minimum Gasteiger partial charge on any atom is -1.00 e. The first-order valence-electron chi connectivity index (χ1n) is 4.47. The van der Waals surface area contributed by atoms with Crippen LogP contribution in [0.1, 0.15) is 20.3 Å². The van der Waals surface area contributed by atoms with E-state index in [2.05, 4.69) is 21.1 Å². The van der Waals surface area contributed by atoms with Crippen LogP contribution >= 0.6 is 0 Å². The van der Waals surface area contributed by atoms with Crippen molar-refractivity contribution in [3.8, 4) is 0 Å². The smallest absolute Gasteiger partial charge is 0.0926 e. The van der Waals surface area contributed by atoms with Gasteiger partial charge in [0, 0.05) is 6.42 Å². The molecular weight excluding hydrogens is 186 g/mol. The van der Waals surface area contributed by atoms with E-state index in [1.807, 2.05) is 20.1 Å². The van der Waals surface area contributed by atoms with Gasteiger partial charge in [-0.3, -0.25) is 0 Å². The molecule has 0 aliphatic rings. The van der Waals surface area contributed by atoms with Crippen LogP contribution in [0.5, 0.6) is 0 Å². The summed E-state index contributed by atoms with van der Waals surface area (Å²) < 4.78 is 6.33. The fraction of sp³-hybridized carbons (Fsp3) is 0.800. The first kappa shape index (κ1) is 15.3. The maximum absolute atomic E-state index is 5.32. The Morgan fingerprint density at radius 1 is 1.23 bits per heavy atom. The van der Waals surface area contributed by atoms with Crippen molar-refractivity contribution in [2.24, 2.45) is 0 Å². The van der Waals surface area contributed by atoms with Crippen molar-refractivity contribution >= 4 is 0 Å². The molecule has 0 heterocycles. The van der Waals surface area contributed by atoms with Crippen LogP contribution in [-0.2, 0) is 4.74 Å². The van der Waals surface area contributed by atoms with Gasteiger partial charge in [-0.15, -0.1) is 0 Å². The topological polar surface area (TPSA) is 9.23 Å². The summed E-state index contributed by atoms with van der Waals surface area (Å²) in [7, 11) is 6.59. The second-order valence-corrected chi connectivity index (χ2v) is 4.43. The summed E-state index contributed by atoms with van der Waals surface area (Å²) in [6, 6.07) is 0. The van der Waals surface area contributed by atoms with Crippen molar-refractivity contribution in [2.45, 2.75) is 20.3 Å². The molecule has 0 saturated carbocycles. The summed E-state index contributed by atoms with van der Waals surface area (Å²) in [5.41, 5.74) is 1.22. The lowest BCUT2D eigenvalue weighted by Gasteiger charge is -2.23. The van der Waals surface area contributed by atoms with Gasteiger partial charge in [0.15, 0.2) is 0 Å². The van der Waals surface area contributed by atoms with E-state index in [9.17, 15) is 0 Å². The van der Waals surface area contributed by atoms with Gasteiger partial charge in [-0.25, -0.2) is 0 Å². The molecule has 3 heteroatoms. The van der Waals surface area contributed by atoms with Gasteiger partial charge in [0.25, 0.3) is 0 Å². The molecule has 0 atom stereocenters. The van der Waals surface area contributed by atoms with E-state index < -0.39 is 0 Å². The number of halogens is 1. The van der Waals surface area contributed by atoms with Crippen LogP contribution in [-0.4, -0.2) is 38.8 Å². The van der Waals surface area contributed by atoms with Crippen molar-refractivity contribution in [3.63, 3.8) is 0 Å². The lowest BCUT2D eigenvalue weighted by atomic mass is 10.4. The minimum atomic E-state index is 0. The van der Waals surface area contributed by atoms with Crippen molar-refractivity contribution < 1.29 is 21.6 Å². The Kier molecular flexibility index (Phi) is 8.48. The standard InChI is InChI=1S/C10H22NO.ClH/c1-10(2)9-12-8-6-7-11(3,4)5;/h9H,6-8H2,1-5H3;1H/q+1;/p-1. The fourth-order valence-electron chi connectivity index (χ4n) is 0.848. The van der Waals surface area contributed by atoms with E-state index in [0.717, 1.165) is 24.1 Å². The van der Waals surface area contributed by atoms with Crippen LogP contribution < -0.4 is 12.4 Å². The lowest BCUT2D eigenvalue weighted by molar-refractivity contribution is -0.870. The Bertz CT molecular complexity index is 145. The summed E-state index contributed by atoms with van der Waals surface area (Å²) in [6.07, 6.45) is 2.95. The van der Waals surface area contributed by atoms with Gasteiger partial charge in [0.1, 0.15) is 0 Å². The van der Waals surface area contributed by atoms with Crippen molar-refractivity contribution in [3.05, 3.63) is 11.8 Å². The molecule has 0 amide bonds. The molecule has 0 aromatic heterocycles. The quantitative estimate of drug-likeness (QED) is 0.320. The number of allylic oxidation sites excluding steroid dienone is 1. The van der Waals surface area contributed by atoms with E-state index in [1.54, 1.807) is 0 Å². The van der Waals surface area contributed by atoms with Gasteiger partial charge in [-0.05, 0) is 19.4 Å². The molecule has 0 fully saturated rings. The Morgan fingerprint density at radius 3 is 2.15 bits per heavy atom. The number of quaternary nitrogens is 1. The van der Waals surface area contributed by atoms with Crippen molar-refractivity contribution in [2.75, 3.05) is 34.3 Å². The highest BCUT2D eigenvalue weighted by atomic mass is 35.5. The van der Waals surface area contributed by atoms with Gasteiger partial charge in [0.05, 0.1) is 40.6 Å². The van der Waals surface area contributed by atoms with Crippen LogP contribution in [0.25, 0.3) is 0 Å². The van der Waals surface area contributed by atoms with Gasteiger partial charge in [0.2, 0.25) is 0 Å². The molecule has 0 aliphatic heterocycles. The first-order chi connectivity index (χ1) is 5.42. The minimum absolute atomic E-state index is 0. The van der Waals surface area contributed by atoms with Gasteiger partial charge < -0.3 is 21.6 Å². The first-order valence-corrected chi connectivity index (χ1v) is 4.47. The molecule has 0 saturated heterocycles. The predicted octanol–water partition coefficient (Wildman–Crippen LogP) is -0.973. The van der Waals surface area contributed by atoms with Gasteiger partial charge in [-0.2, -0.15) is 0 Å². The molecule has 0 unspecified atom stereocenters. The Morgan fingerprint density at radius 2 is 1.77 bits per heavy atom. The highest BCUT2D eigenvalue weighted by Crippen LogP contribution is 1.95. The number of hydrogen-bond acceptors (Lipinski definition) is 1. The third kappa shape index (κ3) is 14.6. The summed E-state index contributed by atoms with van der Waals surface area (Å²) in [5.74, 6) is 0. The van der Waals surface area contributed by atoms with Crippen molar-refractivity contribution in [1.29, 1.82) is 0 Å². The molecule has 0 N–H and O–H groups in total. The number of nitrogens with zero attached hydrogens (tertiary/aromatic N) is 1. The van der Waals surface area contributed by atoms with E-state index in [0.29, 0.717) is 0 Å². The molecule has 2 nitrogen and oxygen atoms in total. The van der Waals surface area contributed by atoms with Crippen LogP contribution in [0, 0.1) is 0 Å². The predicted molar refractivity (Wildman–Crippen MR) is 52.9 cm³/mol. The third-order valence-electron chi connectivity index (χ3n) is 1.41. The van der Waals surface area contributed by atoms with Crippen LogP contribution in [0.2, 0.25) is 0 Å². The third-order valence-corrected chi connectivity index (χ3v) is 1.41. The van der Waals surface area contributed by atoms with E-state index >= 15 is 0 Å². The second kappa shape index (κ2) is 7.22.